The second-order valence-corrected chi connectivity index (χ2v) is 5.56. The summed E-state index contributed by atoms with van der Waals surface area (Å²) >= 11 is 0. The number of aromatic amines is 1. The Kier molecular flexibility index (Phi) is 4.84. The lowest BCUT2D eigenvalue weighted by Gasteiger charge is -2.10. The van der Waals surface area contributed by atoms with Gasteiger partial charge in [0.05, 0.1) is 17.6 Å². The summed E-state index contributed by atoms with van der Waals surface area (Å²) in [6.07, 6.45) is 1.77. The summed E-state index contributed by atoms with van der Waals surface area (Å²) in [5.74, 6) is -0.909. The number of nitrogens with one attached hydrogen (secondary N) is 4. The van der Waals surface area contributed by atoms with Gasteiger partial charge in [0.15, 0.2) is 0 Å². The standard InChI is InChI=1S/C18H17N5O3/c19-15(24)10-21-18(26)23-13-5-2-4-12(9-13)22-17(25)14-6-1-3-11-7-8-20-16(11)14/h1-9,20H,10H2,(H2,19,24)(H,22,25)(H2,21,23,26). The zero-order valence-electron chi connectivity index (χ0n) is 13.7. The van der Waals surface area contributed by atoms with Crippen molar-refractivity contribution >= 4 is 40.1 Å². The van der Waals surface area contributed by atoms with Gasteiger partial charge in [-0.05, 0) is 30.3 Å². The molecule has 3 rings (SSSR count). The summed E-state index contributed by atoms with van der Waals surface area (Å²) in [6, 6.07) is 13.4. The average molecular weight is 351 g/mol. The van der Waals surface area contributed by atoms with Gasteiger partial charge in [0.1, 0.15) is 0 Å². The molecule has 0 saturated heterocycles. The topological polar surface area (TPSA) is 129 Å². The number of carbonyl (C=O) groups is 3. The van der Waals surface area contributed by atoms with E-state index < -0.39 is 11.9 Å². The molecule has 0 atom stereocenters. The first kappa shape index (κ1) is 17.0. The van der Waals surface area contributed by atoms with Crippen LogP contribution in [0.4, 0.5) is 16.2 Å². The van der Waals surface area contributed by atoms with Crippen LogP contribution in [0.15, 0.2) is 54.7 Å². The zero-order valence-corrected chi connectivity index (χ0v) is 13.7. The van der Waals surface area contributed by atoms with Crippen LogP contribution >= 0.6 is 0 Å². The molecule has 3 aromatic rings. The Bertz CT molecular complexity index is 980. The molecule has 8 nitrogen and oxygen atoms in total. The average Bonchev–Trinajstić information content (AvgIpc) is 3.09. The number of anilines is 2. The number of fused-ring (bicyclic) bond motifs is 1. The highest BCUT2D eigenvalue weighted by molar-refractivity contribution is 6.12. The van der Waals surface area contributed by atoms with E-state index in [9.17, 15) is 14.4 Å². The number of para-hydroxylation sites is 1. The largest absolute Gasteiger partial charge is 0.368 e. The molecular weight excluding hydrogens is 334 g/mol. The van der Waals surface area contributed by atoms with Crippen LogP contribution < -0.4 is 21.7 Å². The summed E-state index contributed by atoms with van der Waals surface area (Å²) in [4.78, 5) is 37.9. The van der Waals surface area contributed by atoms with Crippen molar-refractivity contribution in [2.45, 2.75) is 0 Å². The van der Waals surface area contributed by atoms with Crippen molar-refractivity contribution in [3.8, 4) is 0 Å². The van der Waals surface area contributed by atoms with E-state index >= 15 is 0 Å². The van der Waals surface area contributed by atoms with E-state index in [1.165, 1.54) is 0 Å². The summed E-state index contributed by atoms with van der Waals surface area (Å²) in [5, 5.41) is 8.62. The number of aromatic nitrogens is 1. The number of hydrogen-bond acceptors (Lipinski definition) is 3. The molecule has 0 saturated carbocycles. The molecule has 132 valence electrons. The zero-order chi connectivity index (χ0) is 18.5. The smallest absolute Gasteiger partial charge is 0.319 e. The minimum Gasteiger partial charge on any atom is -0.368 e. The number of primary amides is 1. The van der Waals surface area contributed by atoms with Gasteiger partial charge < -0.3 is 26.7 Å². The number of urea groups is 1. The summed E-state index contributed by atoms with van der Waals surface area (Å²) in [5.41, 5.74) is 7.22. The number of carbonyl (C=O) groups excluding carboxylic acids is 3. The van der Waals surface area contributed by atoms with Crippen LogP contribution in [-0.4, -0.2) is 29.4 Å². The Morgan fingerprint density at radius 3 is 2.46 bits per heavy atom. The van der Waals surface area contributed by atoms with Gasteiger partial charge >= 0.3 is 6.03 Å². The van der Waals surface area contributed by atoms with Crippen LogP contribution in [0, 0.1) is 0 Å². The molecule has 0 aliphatic rings. The Hall–Kier alpha value is -3.81. The summed E-state index contributed by atoms with van der Waals surface area (Å²) in [7, 11) is 0. The van der Waals surface area contributed by atoms with Crippen LogP contribution in [0.1, 0.15) is 10.4 Å². The number of nitrogens with two attached hydrogens (primary N) is 1. The minimum absolute atomic E-state index is 0.261. The fourth-order valence-electron chi connectivity index (χ4n) is 2.49. The van der Waals surface area contributed by atoms with Crippen molar-refractivity contribution < 1.29 is 14.4 Å². The molecule has 0 unspecified atom stereocenters. The molecule has 0 spiro atoms. The Balaban J connectivity index is 1.70. The van der Waals surface area contributed by atoms with Crippen LogP contribution in [0.3, 0.4) is 0 Å². The van der Waals surface area contributed by atoms with E-state index in [2.05, 4.69) is 20.9 Å². The highest BCUT2D eigenvalue weighted by Gasteiger charge is 2.11. The summed E-state index contributed by atoms with van der Waals surface area (Å²) in [6.45, 7) is -0.261. The summed E-state index contributed by atoms with van der Waals surface area (Å²) < 4.78 is 0. The minimum atomic E-state index is -0.639. The molecule has 0 aliphatic heterocycles. The first-order valence-corrected chi connectivity index (χ1v) is 7.83. The molecule has 0 bridgehead atoms. The maximum atomic E-state index is 12.6. The third-order valence-electron chi connectivity index (χ3n) is 3.63. The number of benzene rings is 2. The first-order chi connectivity index (χ1) is 12.5. The van der Waals surface area contributed by atoms with Gasteiger partial charge in [0.25, 0.3) is 5.91 Å². The highest BCUT2D eigenvalue weighted by atomic mass is 16.2. The fourth-order valence-corrected chi connectivity index (χ4v) is 2.49. The number of hydrogen-bond donors (Lipinski definition) is 5. The molecule has 1 aromatic heterocycles. The van der Waals surface area contributed by atoms with Crippen LogP contribution in [-0.2, 0) is 4.79 Å². The third kappa shape index (κ3) is 3.99. The molecule has 1 heterocycles. The third-order valence-corrected chi connectivity index (χ3v) is 3.63. The molecule has 0 fully saturated rings. The molecular formula is C18H17N5O3. The lowest BCUT2D eigenvalue weighted by Crippen LogP contribution is -2.36. The van der Waals surface area contributed by atoms with E-state index in [0.717, 1.165) is 10.9 Å². The number of amides is 4. The van der Waals surface area contributed by atoms with E-state index in [4.69, 9.17) is 5.73 Å². The molecule has 0 radical (unpaired) electrons. The van der Waals surface area contributed by atoms with Crippen molar-refractivity contribution in [3.63, 3.8) is 0 Å². The van der Waals surface area contributed by atoms with Gasteiger partial charge in [0, 0.05) is 23.0 Å². The van der Waals surface area contributed by atoms with E-state index in [1.54, 1.807) is 36.5 Å². The van der Waals surface area contributed by atoms with Gasteiger partial charge in [-0.3, -0.25) is 9.59 Å². The fraction of sp³-hybridized carbons (Fsp3) is 0.0556. The SMILES string of the molecule is NC(=O)CNC(=O)Nc1cccc(NC(=O)c2cccc3cc[nH]c23)c1. The molecule has 4 amide bonds. The predicted octanol–water partition coefficient (Wildman–Crippen LogP) is 2.03. The van der Waals surface area contributed by atoms with Crippen LogP contribution in [0.5, 0.6) is 0 Å². The van der Waals surface area contributed by atoms with E-state index in [0.29, 0.717) is 16.9 Å². The quantitative estimate of drug-likeness (QED) is 0.482. The Morgan fingerprint density at radius 2 is 1.69 bits per heavy atom. The molecule has 8 heteroatoms. The monoisotopic (exact) mass is 351 g/mol. The van der Waals surface area contributed by atoms with Crippen molar-refractivity contribution in [3.05, 3.63) is 60.3 Å². The highest BCUT2D eigenvalue weighted by Crippen LogP contribution is 2.20. The maximum Gasteiger partial charge on any atom is 0.319 e. The van der Waals surface area contributed by atoms with Crippen molar-refractivity contribution in [1.29, 1.82) is 0 Å². The lowest BCUT2D eigenvalue weighted by molar-refractivity contribution is -0.117. The van der Waals surface area contributed by atoms with E-state index in [-0.39, 0.29) is 12.5 Å². The number of rotatable bonds is 5. The normalized spacial score (nSPS) is 10.3. The van der Waals surface area contributed by atoms with Gasteiger partial charge in [-0.2, -0.15) is 0 Å². The van der Waals surface area contributed by atoms with Gasteiger partial charge in [-0.1, -0.05) is 18.2 Å². The van der Waals surface area contributed by atoms with Gasteiger partial charge in [0.2, 0.25) is 5.91 Å². The lowest BCUT2D eigenvalue weighted by atomic mass is 10.1. The molecule has 6 N–H and O–H groups in total. The van der Waals surface area contributed by atoms with Crippen LogP contribution in [0.25, 0.3) is 10.9 Å². The van der Waals surface area contributed by atoms with Crippen molar-refractivity contribution in [2.75, 3.05) is 17.2 Å². The maximum absolute atomic E-state index is 12.6. The molecule has 26 heavy (non-hydrogen) atoms. The number of H-pyrrole nitrogens is 1. The second-order valence-electron chi connectivity index (χ2n) is 5.56. The second kappa shape index (κ2) is 7.39. The Labute approximate surface area is 148 Å². The predicted molar refractivity (Wildman–Crippen MR) is 98.9 cm³/mol. The van der Waals surface area contributed by atoms with Crippen molar-refractivity contribution in [2.24, 2.45) is 5.73 Å². The van der Waals surface area contributed by atoms with Gasteiger partial charge in [-0.25, -0.2) is 4.79 Å². The van der Waals surface area contributed by atoms with Crippen molar-refractivity contribution in [1.82, 2.24) is 10.3 Å². The van der Waals surface area contributed by atoms with Crippen LogP contribution in [0.2, 0.25) is 0 Å². The molecule has 2 aromatic carbocycles. The first-order valence-electron chi connectivity index (χ1n) is 7.83. The molecule has 0 aliphatic carbocycles. The van der Waals surface area contributed by atoms with Gasteiger partial charge in [-0.15, -0.1) is 0 Å². The van der Waals surface area contributed by atoms with E-state index in [1.807, 2.05) is 18.2 Å². The Morgan fingerprint density at radius 1 is 0.962 bits per heavy atom.